The Morgan fingerprint density at radius 1 is 1.32 bits per heavy atom. The fourth-order valence-corrected chi connectivity index (χ4v) is 3.83. The van der Waals surface area contributed by atoms with E-state index in [-0.39, 0.29) is 17.7 Å². The van der Waals surface area contributed by atoms with E-state index in [2.05, 4.69) is 15.5 Å². The quantitative estimate of drug-likeness (QED) is 0.930. The highest BCUT2D eigenvalue weighted by Gasteiger charge is 2.61. The van der Waals surface area contributed by atoms with Gasteiger partial charge in [0.15, 0.2) is 5.69 Å². The summed E-state index contributed by atoms with van der Waals surface area (Å²) in [5.41, 5.74) is 0.891. The molecule has 120 valence electrons. The molecule has 1 heterocycles. The monoisotopic (exact) mass is 309 g/mol. The molecule has 4 nitrogen and oxygen atoms in total. The van der Waals surface area contributed by atoms with Gasteiger partial charge in [0.1, 0.15) is 0 Å². The molecule has 3 rings (SSSR count). The van der Waals surface area contributed by atoms with Crippen LogP contribution in [-0.2, 0) is 0 Å². The second-order valence-corrected chi connectivity index (χ2v) is 7.05. The van der Waals surface area contributed by atoms with Gasteiger partial charge < -0.3 is 5.32 Å². The molecule has 2 fully saturated rings. The fourth-order valence-electron chi connectivity index (χ4n) is 3.83. The summed E-state index contributed by atoms with van der Waals surface area (Å²) in [6.07, 6.45) is 1.90. The molecule has 1 N–H and O–H groups in total. The first-order valence-corrected chi connectivity index (χ1v) is 7.73. The highest BCUT2D eigenvalue weighted by atomic mass is 19.3. The Bertz CT molecular complexity index is 591. The molecule has 0 bridgehead atoms. The van der Waals surface area contributed by atoms with Crippen LogP contribution in [0.4, 0.5) is 8.78 Å². The highest BCUT2D eigenvalue weighted by Crippen LogP contribution is 2.66. The minimum Gasteiger partial charge on any atom is -0.350 e. The summed E-state index contributed by atoms with van der Waals surface area (Å²) in [5.74, 6) is -0.426. The van der Waals surface area contributed by atoms with Crippen molar-refractivity contribution >= 4 is 5.91 Å². The second kappa shape index (κ2) is 5.25. The molecular weight excluding hydrogens is 288 g/mol. The van der Waals surface area contributed by atoms with Crippen molar-refractivity contribution in [2.45, 2.75) is 52.4 Å². The molecule has 6 heteroatoms. The van der Waals surface area contributed by atoms with Crippen LogP contribution in [0.25, 0.3) is 0 Å². The van der Waals surface area contributed by atoms with Crippen molar-refractivity contribution in [1.82, 2.24) is 15.5 Å². The summed E-state index contributed by atoms with van der Waals surface area (Å²) in [5, 5.41) is 10.4. The third kappa shape index (κ3) is 2.48. The topological polar surface area (TPSA) is 54.9 Å². The van der Waals surface area contributed by atoms with Crippen LogP contribution in [0, 0.1) is 24.7 Å². The third-order valence-electron chi connectivity index (χ3n) is 5.40. The van der Waals surface area contributed by atoms with Gasteiger partial charge in [0, 0.05) is 12.0 Å². The maximum absolute atomic E-state index is 13.4. The molecular formula is C16H21F2N3O. The Morgan fingerprint density at radius 2 is 2.00 bits per heavy atom. The zero-order valence-electron chi connectivity index (χ0n) is 13.0. The molecule has 0 atom stereocenters. The van der Waals surface area contributed by atoms with Crippen LogP contribution in [0.15, 0.2) is 6.07 Å². The molecule has 1 aromatic rings. The number of nitrogens with zero attached hydrogens (tertiary/aromatic N) is 2. The van der Waals surface area contributed by atoms with E-state index in [1.807, 2.05) is 13.8 Å². The summed E-state index contributed by atoms with van der Waals surface area (Å²) in [6.45, 7) is 3.66. The van der Waals surface area contributed by atoms with Gasteiger partial charge in [-0.25, -0.2) is 8.78 Å². The van der Waals surface area contributed by atoms with Crippen LogP contribution in [-0.4, -0.2) is 29.1 Å². The smallest absolute Gasteiger partial charge is 0.271 e. The third-order valence-corrected chi connectivity index (χ3v) is 5.40. The van der Waals surface area contributed by atoms with Crippen molar-refractivity contribution in [2.24, 2.45) is 10.8 Å². The van der Waals surface area contributed by atoms with E-state index >= 15 is 0 Å². The minimum absolute atomic E-state index is 0.0137. The Hall–Kier alpha value is -1.59. The lowest BCUT2D eigenvalue weighted by Crippen LogP contribution is -2.58. The number of amides is 1. The van der Waals surface area contributed by atoms with E-state index in [1.165, 1.54) is 0 Å². The van der Waals surface area contributed by atoms with Crippen LogP contribution in [0.5, 0.6) is 0 Å². The van der Waals surface area contributed by atoms with Crippen LogP contribution < -0.4 is 5.32 Å². The molecule has 1 amide bonds. The molecule has 0 aliphatic heterocycles. The van der Waals surface area contributed by atoms with Gasteiger partial charge in [0.25, 0.3) is 5.91 Å². The van der Waals surface area contributed by atoms with E-state index in [4.69, 9.17) is 0 Å². The average Bonchev–Trinajstić information content (AvgIpc) is 2.38. The van der Waals surface area contributed by atoms with Gasteiger partial charge in [0.05, 0.1) is 5.69 Å². The second-order valence-electron chi connectivity index (χ2n) is 7.05. The lowest BCUT2D eigenvalue weighted by Gasteiger charge is -2.60. The first-order valence-electron chi connectivity index (χ1n) is 7.73. The van der Waals surface area contributed by atoms with E-state index in [0.29, 0.717) is 12.8 Å². The molecule has 1 spiro atoms. The zero-order valence-corrected chi connectivity index (χ0v) is 13.0. The van der Waals surface area contributed by atoms with Crippen LogP contribution in [0.1, 0.15) is 53.8 Å². The lowest BCUT2D eigenvalue weighted by molar-refractivity contribution is -0.167. The van der Waals surface area contributed by atoms with E-state index in [1.54, 1.807) is 6.07 Å². The maximum atomic E-state index is 13.4. The van der Waals surface area contributed by atoms with Crippen molar-refractivity contribution in [1.29, 1.82) is 0 Å². The van der Waals surface area contributed by atoms with Crippen LogP contribution in [0.3, 0.4) is 0 Å². The molecule has 0 radical (unpaired) electrons. The fraction of sp³-hybridized carbons (Fsp3) is 0.688. The van der Waals surface area contributed by atoms with Gasteiger partial charge in [-0.2, -0.15) is 5.10 Å². The van der Waals surface area contributed by atoms with Gasteiger partial charge in [-0.15, -0.1) is 5.10 Å². The number of alkyl halides is 2. The number of nitrogens with one attached hydrogen (secondary N) is 1. The normalized spacial score (nSPS) is 21.3. The Labute approximate surface area is 128 Å². The number of carbonyl (C=O) groups excluding carboxylic acids is 1. The Balaban J connectivity index is 1.63. The van der Waals surface area contributed by atoms with Crippen LogP contribution in [0.2, 0.25) is 0 Å². The number of rotatable bonds is 4. The molecule has 22 heavy (non-hydrogen) atoms. The first-order chi connectivity index (χ1) is 10.4. The van der Waals surface area contributed by atoms with Crippen molar-refractivity contribution in [3.63, 3.8) is 0 Å². The molecule has 0 unspecified atom stereocenters. The zero-order chi connectivity index (χ0) is 16.0. The van der Waals surface area contributed by atoms with Crippen molar-refractivity contribution in [3.05, 3.63) is 23.0 Å². The van der Waals surface area contributed by atoms with Crippen molar-refractivity contribution in [2.75, 3.05) is 6.54 Å². The van der Waals surface area contributed by atoms with E-state index in [0.717, 1.165) is 30.5 Å². The SMILES string of the molecule is Cc1cc(C(=O)NCC2(C(F)F)CC3(CCC3)C2)nnc1C. The summed E-state index contributed by atoms with van der Waals surface area (Å²) in [6, 6.07) is 1.64. The van der Waals surface area contributed by atoms with Crippen molar-refractivity contribution < 1.29 is 13.6 Å². The van der Waals surface area contributed by atoms with Gasteiger partial charge in [0.2, 0.25) is 6.43 Å². The molecule has 2 saturated carbocycles. The molecule has 0 saturated heterocycles. The molecule has 1 aromatic heterocycles. The van der Waals surface area contributed by atoms with Crippen molar-refractivity contribution in [3.8, 4) is 0 Å². The number of halogens is 2. The Kier molecular flexibility index (Phi) is 3.65. The summed E-state index contributed by atoms with van der Waals surface area (Å²) in [4.78, 5) is 12.1. The highest BCUT2D eigenvalue weighted by molar-refractivity contribution is 5.92. The predicted molar refractivity (Wildman–Crippen MR) is 77.8 cm³/mol. The number of aromatic nitrogens is 2. The average molecular weight is 309 g/mol. The summed E-state index contributed by atoms with van der Waals surface area (Å²) >= 11 is 0. The van der Waals surface area contributed by atoms with Gasteiger partial charge in [-0.1, -0.05) is 6.42 Å². The van der Waals surface area contributed by atoms with Crippen LogP contribution >= 0.6 is 0 Å². The van der Waals surface area contributed by atoms with Gasteiger partial charge >= 0.3 is 0 Å². The summed E-state index contributed by atoms with van der Waals surface area (Å²) in [7, 11) is 0. The minimum atomic E-state index is -2.40. The molecule has 2 aliphatic carbocycles. The van der Waals surface area contributed by atoms with Gasteiger partial charge in [-0.05, 0) is 56.6 Å². The molecule has 2 aliphatic rings. The first kappa shape index (κ1) is 15.3. The van der Waals surface area contributed by atoms with Gasteiger partial charge in [-0.3, -0.25) is 4.79 Å². The maximum Gasteiger partial charge on any atom is 0.271 e. The number of aryl methyl sites for hydroxylation is 2. The largest absolute Gasteiger partial charge is 0.350 e. The number of hydrogen-bond donors (Lipinski definition) is 1. The van der Waals surface area contributed by atoms with E-state index < -0.39 is 17.7 Å². The lowest BCUT2D eigenvalue weighted by atomic mass is 9.45. The Morgan fingerprint density at radius 3 is 2.50 bits per heavy atom. The summed E-state index contributed by atoms with van der Waals surface area (Å²) < 4.78 is 26.9. The molecule has 0 aromatic carbocycles. The number of hydrogen-bond acceptors (Lipinski definition) is 3. The predicted octanol–water partition coefficient (Wildman–Crippen LogP) is 3.04. The number of carbonyl (C=O) groups is 1. The standard InChI is InChI=1S/C16H21F2N3O/c1-10-6-12(21-20-11(10)2)13(22)19-9-16(14(17)18)7-15(8-16)4-3-5-15/h6,14H,3-5,7-9H2,1-2H3,(H,19,22). The van der Waals surface area contributed by atoms with E-state index in [9.17, 15) is 13.6 Å².